The Morgan fingerprint density at radius 3 is 2.56 bits per heavy atom. The molecule has 0 bridgehead atoms. The second-order valence-corrected chi connectivity index (χ2v) is 7.16. The van der Waals surface area contributed by atoms with Crippen LogP contribution in [0.5, 0.6) is 0 Å². The molecule has 0 aliphatic carbocycles. The highest BCUT2D eigenvalue weighted by Gasteiger charge is 2.26. The Hall–Kier alpha value is -0.360. The van der Waals surface area contributed by atoms with Crippen molar-refractivity contribution in [1.29, 1.82) is 0 Å². The van der Waals surface area contributed by atoms with Gasteiger partial charge in [-0.25, -0.2) is 10.0 Å². The molecule has 0 rings (SSSR count). The van der Waals surface area contributed by atoms with Crippen molar-refractivity contribution >= 4 is 18.2 Å². The zero-order valence-electron chi connectivity index (χ0n) is 11.3. The molecule has 0 amide bonds. The summed E-state index contributed by atoms with van der Waals surface area (Å²) in [4.78, 5) is 0. The van der Waals surface area contributed by atoms with Crippen molar-refractivity contribution in [2.24, 2.45) is 0 Å². The van der Waals surface area contributed by atoms with E-state index in [0.29, 0.717) is 19.0 Å². The molecule has 1 atom stereocenters. The van der Waals surface area contributed by atoms with Gasteiger partial charge in [-0.05, 0) is 31.7 Å². The monoisotopic (exact) mass is 299 g/mol. The fourth-order valence-electron chi connectivity index (χ4n) is 0.902. The summed E-state index contributed by atoms with van der Waals surface area (Å²) in [6, 6.07) is 0. The predicted octanol–water partition coefficient (Wildman–Crippen LogP) is 3.28. The summed E-state index contributed by atoms with van der Waals surface area (Å²) in [5.41, 5.74) is 2.46. The van der Waals surface area contributed by atoms with Crippen LogP contribution in [0.15, 0.2) is 12.1 Å². The molecule has 0 saturated heterocycles. The molecule has 0 aliphatic rings. The van der Waals surface area contributed by atoms with Crippen molar-refractivity contribution < 1.29 is 23.2 Å². The molecule has 0 fully saturated rings. The van der Waals surface area contributed by atoms with E-state index in [4.69, 9.17) is 18.6 Å². The first kappa shape index (κ1) is 17.6. The van der Waals surface area contributed by atoms with E-state index < -0.39 is 6.80 Å². The Bertz CT molecular complexity index is 287. The average Bonchev–Trinajstić information content (AvgIpc) is 2.35. The number of hydrogen-bond acceptors (Lipinski definition) is 7. The summed E-state index contributed by atoms with van der Waals surface area (Å²) in [5.74, 6) is 0.939. The Kier molecular flexibility index (Phi) is 10.3. The van der Waals surface area contributed by atoms with E-state index in [2.05, 4.69) is 5.48 Å². The second kappa shape index (κ2) is 10.6. The maximum absolute atomic E-state index is 12.2. The first-order valence-electron chi connectivity index (χ1n) is 5.81. The zero-order valence-corrected chi connectivity index (χ0v) is 13.0. The van der Waals surface area contributed by atoms with Crippen molar-refractivity contribution in [3.63, 3.8) is 0 Å². The number of nitrogens with one attached hydrogen (secondary N) is 1. The van der Waals surface area contributed by atoms with Gasteiger partial charge in [0.15, 0.2) is 0 Å². The van der Waals surface area contributed by atoms with Gasteiger partial charge in [0.05, 0.1) is 20.3 Å². The summed E-state index contributed by atoms with van der Waals surface area (Å²) >= 11 is 1.15. The Labute approximate surface area is 113 Å². The molecule has 0 aromatic rings. The van der Waals surface area contributed by atoms with E-state index in [9.17, 15) is 4.57 Å². The van der Waals surface area contributed by atoms with E-state index in [1.54, 1.807) is 6.92 Å². The van der Waals surface area contributed by atoms with Gasteiger partial charge in [-0.3, -0.25) is 4.52 Å². The molecule has 0 aromatic carbocycles. The molecule has 0 aromatic heterocycles. The van der Waals surface area contributed by atoms with Gasteiger partial charge in [-0.2, -0.15) is 4.62 Å². The maximum atomic E-state index is 12.2. The highest BCUT2D eigenvalue weighted by atomic mass is 32.7. The number of ether oxygens (including phenoxy) is 2. The third-order valence-electron chi connectivity index (χ3n) is 1.52. The molecule has 0 radical (unpaired) electrons. The molecule has 0 saturated carbocycles. The number of rotatable bonds is 11. The van der Waals surface area contributed by atoms with E-state index >= 15 is 0 Å². The first-order chi connectivity index (χ1) is 8.61. The van der Waals surface area contributed by atoms with Crippen molar-refractivity contribution in [2.45, 2.75) is 27.2 Å². The molecule has 18 heavy (non-hydrogen) atoms. The van der Waals surface area contributed by atoms with Crippen LogP contribution in [0.3, 0.4) is 0 Å². The van der Waals surface area contributed by atoms with Crippen molar-refractivity contribution in [1.82, 2.24) is 5.48 Å². The SMILES string of the molecule is CCCSP(=O)(OCC)ONC(=COC)OCC. The topological polar surface area (TPSA) is 66.0 Å². The summed E-state index contributed by atoms with van der Waals surface area (Å²) in [6.45, 7) is 3.12. The molecule has 8 heteroatoms. The van der Waals surface area contributed by atoms with E-state index in [1.165, 1.54) is 13.4 Å². The molecular weight excluding hydrogens is 277 g/mol. The van der Waals surface area contributed by atoms with Crippen LogP contribution in [0.25, 0.3) is 0 Å². The van der Waals surface area contributed by atoms with Crippen LogP contribution in [-0.2, 0) is 23.2 Å². The van der Waals surface area contributed by atoms with Gasteiger partial charge in [-0.15, -0.1) is 0 Å². The van der Waals surface area contributed by atoms with Crippen LogP contribution < -0.4 is 5.48 Å². The largest absolute Gasteiger partial charge is 0.499 e. The smallest absolute Gasteiger partial charge is 0.410 e. The van der Waals surface area contributed by atoms with Gasteiger partial charge in [0.25, 0.3) is 0 Å². The lowest BCUT2D eigenvalue weighted by molar-refractivity contribution is 0.0895. The van der Waals surface area contributed by atoms with Crippen LogP contribution in [0, 0.1) is 0 Å². The number of methoxy groups -OCH3 is 1. The molecule has 0 spiro atoms. The Balaban J connectivity index is 4.39. The second-order valence-electron chi connectivity index (χ2n) is 3.04. The Morgan fingerprint density at radius 2 is 2.06 bits per heavy atom. The van der Waals surface area contributed by atoms with Gasteiger partial charge < -0.3 is 9.47 Å². The van der Waals surface area contributed by atoms with Crippen LogP contribution in [0.1, 0.15) is 27.2 Å². The maximum Gasteiger partial charge on any atom is 0.410 e. The van der Waals surface area contributed by atoms with Gasteiger partial charge >= 0.3 is 6.80 Å². The van der Waals surface area contributed by atoms with Crippen molar-refractivity contribution in [3.8, 4) is 0 Å². The molecule has 108 valence electrons. The van der Waals surface area contributed by atoms with Crippen LogP contribution >= 0.6 is 18.2 Å². The van der Waals surface area contributed by atoms with Gasteiger partial charge in [0.1, 0.15) is 6.26 Å². The van der Waals surface area contributed by atoms with E-state index in [-0.39, 0.29) is 5.88 Å². The quantitative estimate of drug-likeness (QED) is 0.357. The number of hydroxylamine groups is 1. The average molecular weight is 299 g/mol. The van der Waals surface area contributed by atoms with Crippen LogP contribution in [0.4, 0.5) is 0 Å². The predicted molar refractivity (Wildman–Crippen MR) is 72.9 cm³/mol. The Morgan fingerprint density at radius 1 is 1.33 bits per heavy atom. The fraction of sp³-hybridized carbons (Fsp3) is 0.800. The summed E-state index contributed by atoms with van der Waals surface area (Å²) in [5, 5.41) is 0. The normalized spacial score (nSPS) is 15.0. The van der Waals surface area contributed by atoms with E-state index in [0.717, 1.165) is 17.8 Å². The summed E-state index contributed by atoms with van der Waals surface area (Å²) in [7, 11) is 1.48. The lowest BCUT2D eigenvalue weighted by atomic mass is 10.6. The molecule has 1 unspecified atom stereocenters. The van der Waals surface area contributed by atoms with Crippen molar-refractivity contribution in [2.75, 3.05) is 26.1 Å². The minimum absolute atomic E-state index is 0.247. The zero-order chi connectivity index (χ0) is 13.9. The molecule has 6 nitrogen and oxygen atoms in total. The van der Waals surface area contributed by atoms with Crippen LogP contribution in [0.2, 0.25) is 0 Å². The third kappa shape index (κ3) is 7.87. The van der Waals surface area contributed by atoms with Crippen LogP contribution in [-0.4, -0.2) is 26.1 Å². The summed E-state index contributed by atoms with van der Waals surface area (Å²) in [6.07, 6.45) is 2.21. The minimum atomic E-state index is -3.21. The fourth-order valence-corrected chi connectivity index (χ4v) is 4.03. The highest BCUT2D eigenvalue weighted by molar-refractivity contribution is 8.55. The minimum Gasteiger partial charge on any atom is -0.499 e. The third-order valence-corrected chi connectivity index (χ3v) is 5.36. The van der Waals surface area contributed by atoms with Crippen molar-refractivity contribution in [3.05, 3.63) is 12.1 Å². The van der Waals surface area contributed by atoms with E-state index in [1.807, 2.05) is 13.8 Å². The van der Waals surface area contributed by atoms with Gasteiger partial charge in [0.2, 0.25) is 5.88 Å². The molecule has 0 heterocycles. The number of hydrogen-bond donors (Lipinski definition) is 1. The standard InChI is InChI=1S/C10H22NO5PS/c1-5-8-18-17(12,15-7-3)16-11-10(9-13-4)14-6-2/h9,11H,5-8H2,1-4H3. The lowest BCUT2D eigenvalue weighted by Gasteiger charge is -2.18. The molecular formula is C10H22NO5PS. The van der Waals surface area contributed by atoms with Gasteiger partial charge in [-0.1, -0.05) is 6.92 Å². The first-order valence-corrected chi connectivity index (χ1v) is 8.94. The summed E-state index contributed by atoms with van der Waals surface area (Å²) < 4.78 is 32.4. The van der Waals surface area contributed by atoms with Gasteiger partial charge in [0, 0.05) is 5.75 Å². The molecule has 0 aliphatic heterocycles. The highest BCUT2D eigenvalue weighted by Crippen LogP contribution is 2.60. The molecule has 1 N–H and O–H groups in total. The lowest BCUT2D eigenvalue weighted by Crippen LogP contribution is -2.15.